The number of amides is 1. The standard InChI is InChI=1S/C15H25N3O3S/c1-3-12(2)18-15(19)9-11-17-10-8-13-4-6-14(7-5-13)22(16,20)21/h4-7,12,17H,3,8-11H2,1-2H3,(H,18,19)(H2,16,20,21). The lowest BCUT2D eigenvalue weighted by atomic mass is 10.1. The molecule has 0 bridgehead atoms. The van der Waals surface area contributed by atoms with Gasteiger partial charge in [-0.2, -0.15) is 0 Å². The number of carbonyl (C=O) groups is 1. The van der Waals surface area contributed by atoms with E-state index in [1.54, 1.807) is 12.1 Å². The van der Waals surface area contributed by atoms with Crippen LogP contribution >= 0.6 is 0 Å². The van der Waals surface area contributed by atoms with Crippen molar-refractivity contribution < 1.29 is 13.2 Å². The lowest BCUT2D eigenvalue weighted by Crippen LogP contribution is -2.34. The van der Waals surface area contributed by atoms with Crippen molar-refractivity contribution in [1.29, 1.82) is 0 Å². The van der Waals surface area contributed by atoms with E-state index in [0.29, 0.717) is 13.0 Å². The Morgan fingerprint density at radius 1 is 1.23 bits per heavy atom. The van der Waals surface area contributed by atoms with E-state index in [1.165, 1.54) is 12.1 Å². The molecule has 124 valence electrons. The Bertz CT molecular complexity index is 570. The average molecular weight is 327 g/mol. The van der Waals surface area contributed by atoms with Crippen LogP contribution in [0.15, 0.2) is 29.2 Å². The van der Waals surface area contributed by atoms with Crippen LogP contribution in [0.25, 0.3) is 0 Å². The minimum absolute atomic E-state index is 0.0550. The highest BCUT2D eigenvalue weighted by Crippen LogP contribution is 2.08. The Balaban J connectivity index is 2.24. The summed E-state index contributed by atoms with van der Waals surface area (Å²) in [4.78, 5) is 11.7. The van der Waals surface area contributed by atoms with Crippen molar-refractivity contribution in [2.24, 2.45) is 5.14 Å². The van der Waals surface area contributed by atoms with Gasteiger partial charge in [0.2, 0.25) is 15.9 Å². The molecular weight excluding hydrogens is 302 g/mol. The molecule has 1 amide bonds. The first-order valence-electron chi connectivity index (χ1n) is 7.44. The van der Waals surface area contributed by atoms with Crippen LogP contribution in [0.2, 0.25) is 0 Å². The average Bonchev–Trinajstić information content (AvgIpc) is 2.46. The Morgan fingerprint density at radius 3 is 2.41 bits per heavy atom. The summed E-state index contributed by atoms with van der Waals surface area (Å²) < 4.78 is 22.3. The second-order valence-electron chi connectivity index (χ2n) is 5.32. The van der Waals surface area contributed by atoms with E-state index < -0.39 is 10.0 Å². The van der Waals surface area contributed by atoms with E-state index in [9.17, 15) is 13.2 Å². The Kier molecular flexibility index (Phi) is 7.50. The first-order valence-corrected chi connectivity index (χ1v) is 8.99. The van der Waals surface area contributed by atoms with Crippen LogP contribution in [0, 0.1) is 0 Å². The molecule has 0 saturated heterocycles. The minimum atomic E-state index is -3.63. The lowest BCUT2D eigenvalue weighted by Gasteiger charge is -2.11. The van der Waals surface area contributed by atoms with Gasteiger partial charge in [-0.15, -0.1) is 0 Å². The van der Waals surface area contributed by atoms with Crippen molar-refractivity contribution in [3.8, 4) is 0 Å². The number of nitrogens with two attached hydrogens (primary N) is 1. The van der Waals surface area contributed by atoms with Crippen molar-refractivity contribution in [3.63, 3.8) is 0 Å². The maximum Gasteiger partial charge on any atom is 0.238 e. The van der Waals surface area contributed by atoms with Crippen LogP contribution in [-0.2, 0) is 21.2 Å². The zero-order valence-electron chi connectivity index (χ0n) is 13.1. The van der Waals surface area contributed by atoms with Crippen molar-refractivity contribution in [1.82, 2.24) is 10.6 Å². The van der Waals surface area contributed by atoms with Gasteiger partial charge in [-0.3, -0.25) is 4.79 Å². The molecule has 4 N–H and O–H groups in total. The third-order valence-corrected chi connectivity index (χ3v) is 4.32. The van der Waals surface area contributed by atoms with Gasteiger partial charge in [0.15, 0.2) is 0 Å². The highest BCUT2D eigenvalue weighted by molar-refractivity contribution is 7.89. The number of primary sulfonamides is 1. The second kappa shape index (κ2) is 8.87. The second-order valence-corrected chi connectivity index (χ2v) is 6.88. The molecule has 7 heteroatoms. The number of benzene rings is 1. The first kappa shape index (κ1) is 18.6. The summed E-state index contributed by atoms with van der Waals surface area (Å²) in [5.41, 5.74) is 1.02. The van der Waals surface area contributed by atoms with E-state index in [0.717, 1.165) is 24.9 Å². The summed E-state index contributed by atoms with van der Waals surface area (Å²) in [5.74, 6) is 0.0550. The molecule has 0 aromatic heterocycles. The molecule has 1 aromatic carbocycles. The minimum Gasteiger partial charge on any atom is -0.354 e. The van der Waals surface area contributed by atoms with Gasteiger partial charge < -0.3 is 10.6 Å². The predicted octanol–water partition coefficient (Wildman–Crippen LogP) is 0.771. The molecule has 0 fully saturated rings. The number of rotatable bonds is 9. The van der Waals surface area contributed by atoms with Gasteiger partial charge in [0, 0.05) is 19.0 Å². The van der Waals surface area contributed by atoms with E-state index >= 15 is 0 Å². The van der Waals surface area contributed by atoms with E-state index in [4.69, 9.17) is 5.14 Å². The molecule has 0 heterocycles. The summed E-state index contributed by atoms with van der Waals surface area (Å²) in [6.45, 7) is 5.36. The van der Waals surface area contributed by atoms with Crippen molar-refractivity contribution in [3.05, 3.63) is 29.8 Å². The van der Waals surface area contributed by atoms with Gasteiger partial charge in [-0.1, -0.05) is 19.1 Å². The summed E-state index contributed by atoms with van der Waals surface area (Å²) in [7, 11) is -3.63. The van der Waals surface area contributed by atoms with E-state index in [2.05, 4.69) is 10.6 Å². The SMILES string of the molecule is CCC(C)NC(=O)CCNCCc1ccc(S(N)(=O)=O)cc1. The van der Waals surface area contributed by atoms with Crippen LogP contribution in [0.3, 0.4) is 0 Å². The molecule has 0 aliphatic rings. The monoisotopic (exact) mass is 327 g/mol. The van der Waals surface area contributed by atoms with Gasteiger partial charge in [-0.05, 0) is 44.0 Å². The number of hydrogen-bond acceptors (Lipinski definition) is 4. The number of hydrogen-bond donors (Lipinski definition) is 3. The highest BCUT2D eigenvalue weighted by atomic mass is 32.2. The highest BCUT2D eigenvalue weighted by Gasteiger charge is 2.07. The fourth-order valence-corrected chi connectivity index (χ4v) is 2.37. The zero-order valence-corrected chi connectivity index (χ0v) is 13.9. The summed E-state index contributed by atoms with van der Waals surface area (Å²) in [5, 5.41) is 11.1. The van der Waals surface area contributed by atoms with Crippen molar-refractivity contribution in [2.75, 3.05) is 13.1 Å². The fourth-order valence-electron chi connectivity index (χ4n) is 1.85. The molecule has 1 aromatic rings. The molecule has 0 saturated carbocycles. The molecule has 6 nitrogen and oxygen atoms in total. The molecule has 0 aliphatic heterocycles. The predicted molar refractivity (Wildman–Crippen MR) is 86.9 cm³/mol. The number of nitrogens with one attached hydrogen (secondary N) is 2. The smallest absolute Gasteiger partial charge is 0.238 e. The van der Waals surface area contributed by atoms with E-state index in [1.807, 2.05) is 13.8 Å². The third-order valence-electron chi connectivity index (χ3n) is 3.39. The van der Waals surface area contributed by atoms with Crippen LogP contribution in [-0.4, -0.2) is 33.5 Å². The van der Waals surface area contributed by atoms with Crippen molar-refractivity contribution in [2.45, 2.75) is 44.0 Å². The fraction of sp³-hybridized carbons (Fsp3) is 0.533. The van der Waals surface area contributed by atoms with Crippen molar-refractivity contribution >= 4 is 15.9 Å². The molecule has 1 atom stereocenters. The third kappa shape index (κ3) is 7.02. The molecule has 0 spiro atoms. The molecule has 1 rings (SSSR count). The summed E-state index contributed by atoms with van der Waals surface area (Å²) >= 11 is 0. The molecule has 1 unspecified atom stereocenters. The number of carbonyl (C=O) groups excluding carboxylic acids is 1. The maximum absolute atomic E-state index is 11.6. The van der Waals surface area contributed by atoms with Crippen LogP contribution < -0.4 is 15.8 Å². The lowest BCUT2D eigenvalue weighted by molar-refractivity contribution is -0.121. The topological polar surface area (TPSA) is 101 Å². The molecule has 0 radical (unpaired) electrons. The van der Waals surface area contributed by atoms with Gasteiger partial charge in [0.25, 0.3) is 0 Å². The van der Waals surface area contributed by atoms with Crippen LogP contribution in [0.5, 0.6) is 0 Å². The Labute approximate surface area is 132 Å². The van der Waals surface area contributed by atoms with Gasteiger partial charge >= 0.3 is 0 Å². The first-order chi connectivity index (χ1) is 10.3. The van der Waals surface area contributed by atoms with Gasteiger partial charge in [-0.25, -0.2) is 13.6 Å². The quantitative estimate of drug-likeness (QED) is 0.583. The number of sulfonamides is 1. The van der Waals surface area contributed by atoms with Gasteiger partial charge in [0.1, 0.15) is 0 Å². The van der Waals surface area contributed by atoms with Crippen LogP contribution in [0.4, 0.5) is 0 Å². The summed E-state index contributed by atoms with van der Waals surface area (Å²) in [6, 6.07) is 6.72. The summed E-state index contributed by atoms with van der Waals surface area (Å²) in [6.07, 6.45) is 2.14. The van der Waals surface area contributed by atoms with E-state index in [-0.39, 0.29) is 16.8 Å². The zero-order chi connectivity index (χ0) is 16.6. The maximum atomic E-state index is 11.6. The molecule has 22 heavy (non-hydrogen) atoms. The Morgan fingerprint density at radius 2 is 1.86 bits per heavy atom. The molecule has 0 aliphatic carbocycles. The van der Waals surface area contributed by atoms with Crippen LogP contribution in [0.1, 0.15) is 32.3 Å². The normalized spacial score (nSPS) is 12.9. The largest absolute Gasteiger partial charge is 0.354 e. The molecular formula is C15H25N3O3S. The Hall–Kier alpha value is -1.44. The van der Waals surface area contributed by atoms with Gasteiger partial charge in [0.05, 0.1) is 4.90 Å².